The molecule has 2 aromatic rings. The van der Waals surface area contributed by atoms with Crippen molar-refractivity contribution in [3.05, 3.63) is 35.4 Å². The van der Waals surface area contributed by atoms with Crippen LogP contribution >= 0.6 is 34.8 Å². The van der Waals surface area contributed by atoms with Crippen molar-refractivity contribution < 1.29 is 27.0 Å². The van der Waals surface area contributed by atoms with Crippen LogP contribution in [0.5, 0.6) is 0 Å². The van der Waals surface area contributed by atoms with E-state index in [9.17, 15) is 9.59 Å². The van der Waals surface area contributed by atoms with E-state index in [-0.39, 0.29) is 37.5 Å². The minimum atomic E-state index is -0.508. The van der Waals surface area contributed by atoms with E-state index in [1.165, 1.54) is 37.2 Å². The molecule has 1 amide bonds. The van der Waals surface area contributed by atoms with Gasteiger partial charge in [-0.3, -0.25) is 9.59 Å². The molecule has 35 heavy (non-hydrogen) atoms. The molecule has 0 atom stereocenters. The molecule has 2 aliphatic carbocycles. The van der Waals surface area contributed by atoms with E-state index in [1.807, 2.05) is 13.1 Å². The number of nitrogens with one attached hydrogen (secondary N) is 4. The Morgan fingerprint density at radius 1 is 1.11 bits per heavy atom. The summed E-state index contributed by atoms with van der Waals surface area (Å²) in [6, 6.07) is 0. The maximum Gasteiger partial charge on any atom is 0.255 e. The Kier molecular flexibility index (Phi) is 17.3. The molecule has 0 spiro atoms. The van der Waals surface area contributed by atoms with E-state index in [1.54, 1.807) is 4.90 Å². The summed E-state index contributed by atoms with van der Waals surface area (Å²) in [6.45, 7) is 7.28. The standard InChI is InChI=1S/C11H16ClN3O.C9H15N3.C2H2Cl2O.CH4.ClH/c1-2-15(10(16)5-12)7-9-6-13-11(14-9)8-3-4-8;1-2-10-5-8-6-11-9(12-8)7-3-4-7;3-1-2(4)5;;/h6,8H,2-5,7H2,1H3,(H,13,14);6-7,10H,2-5H2,1H3,(H,11,12);1H2;1H4;1H. The monoisotopic (exact) mass is 570 g/mol. The van der Waals surface area contributed by atoms with Crippen LogP contribution in [0.15, 0.2) is 12.4 Å². The first-order valence-corrected chi connectivity index (χ1v) is 12.8. The lowest BCUT2D eigenvalue weighted by Crippen LogP contribution is -3.00. The van der Waals surface area contributed by atoms with Crippen molar-refractivity contribution >= 4 is 46.0 Å². The zero-order valence-corrected chi connectivity index (χ0v) is 22.6. The molecule has 2 saturated carbocycles. The molecule has 0 unspecified atom stereocenters. The molecule has 2 aliphatic rings. The molecule has 4 rings (SSSR count). The fourth-order valence-corrected chi connectivity index (χ4v) is 3.21. The first-order chi connectivity index (χ1) is 15.9. The first kappa shape index (κ1) is 33.7. The third-order valence-electron chi connectivity index (χ3n) is 5.18. The fraction of sp³-hybridized carbons (Fsp3) is 0.652. The average molecular weight is 572 g/mol. The van der Waals surface area contributed by atoms with Crippen LogP contribution in [0.25, 0.3) is 0 Å². The van der Waals surface area contributed by atoms with Gasteiger partial charge in [-0.1, -0.05) is 14.4 Å². The van der Waals surface area contributed by atoms with Crippen LogP contribution in [0.4, 0.5) is 0 Å². The van der Waals surface area contributed by atoms with Crippen LogP contribution in [0.3, 0.4) is 0 Å². The van der Waals surface area contributed by atoms with Crippen molar-refractivity contribution in [3.63, 3.8) is 0 Å². The van der Waals surface area contributed by atoms with Crippen LogP contribution in [-0.2, 0) is 22.7 Å². The van der Waals surface area contributed by atoms with E-state index >= 15 is 0 Å². The van der Waals surface area contributed by atoms with E-state index in [2.05, 4.69) is 38.4 Å². The molecule has 200 valence electrons. The first-order valence-electron chi connectivity index (χ1n) is 11.3. The third-order valence-corrected chi connectivity index (χ3v) is 5.92. The van der Waals surface area contributed by atoms with Gasteiger partial charge in [-0.05, 0) is 50.8 Å². The second kappa shape index (κ2) is 18.0. The minimum Gasteiger partial charge on any atom is -1.00 e. The van der Waals surface area contributed by atoms with Gasteiger partial charge in [-0.2, -0.15) is 0 Å². The SMILES string of the molecule is C.CCN(Cc1cnc(C2CC2)[nH]1)C(=O)CCl.CCNCc1c[nH+]c(C2CC2)[nH]1.O=C(Cl)CCl.[Cl-]. The van der Waals surface area contributed by atoms with Gasteiger partial charge in [0.05, 0.1) is 36.8 Å². The minimum absolute atomic E-state index is 0. The van der Waals surface area contributed by atoms with E-state index in [0.717, 1.165) is 30.5 Å². The highest BCUT2D eigenvalue weighted by Gasteiger charge is 2.31. The zero-order valence-electron chi connectivity index (χ0n) is 19.6. The normalized spacial score (nSPS) is 13.7. The van der Waals surface area contributed by atoms with Crippen LogP contribution in [0.2, 0.25) is 0 Å². The van der Waals surface area contributed by atoms with Crippen molar-refractivity contribution in [1.82, 2.24) is 25.2 Å². The summed E-state index contributed by atoms with van der Waals surface area (Å²) in [5, 5.41) is 2.78. The summed E-state index contributed by atoms with van der Waals surface area (Å²) in [7, 11) is 0. The smallest absolute Gasteiger partial charge is 0.255 e. The summed E-state index contributed by atoms with van der Waals surface area (Å²) in [5.74, 6) is 3.69. The van der Waals surface area contributed by atoms with E-state index in [4.69, 9.17) is 34.8 Å². The average Bonchev–Trinajstić information content (AvgIpc) is 3.77. The number of H-pyrrole nitrogens is 3. The predicted octanol–water partition coefficient (Wildman–Crippen LogP) is 1.32. The molecule has 2 heterocycles. The van der Waals surface area contributed by atoms with Gasteiger partial charge in [-0.15, -0.1) is 23.2 Å². The number of rotatable bonds is 10. The molecule has 0 aromatic carbocycles. The van der Waals surface area contributed by atoms with E-state index < -0.39 is 5.24 Å². The third kappa shape index (κ3) is 13.0. The van der Waals surface area contributed by atoms with Crippen molar-refractivity contribution in [3.8, 4) is 0 Å². The summed E-state index contributed by atoms with van der Waals surface area (Å²) < 4.78 is 0. The van der Waals surface area contributed by atoms with Gasteiger partial charge in [0.25, 0.3) is 5.82 Å². The highest BCUT2D eigenvalue weighted by atomic mass is 35.5. The summed E-state index contributed by atoms with van der Waals surface area (Å²) in [4.78, 5) is 36.9. The van der Waals surface area contributed by atoms with Gasteiger partial charge in [-0.25, -0.2) is 15.0 Å². The van der Waals surface area contributed by atoms with Crippen molar-refractivity contribution in [1.29, 1.82) is 0 Å². The second-order valence-corrected chi connectivity index (χ2v) is 8.96. The number of aromatic nitrogens is 4. The number of aromatic amines is 3. The number of nitrogens with zero attached hydrogens (tertiary/aromatic N) is 2. The quantitative estimate of drug-likeness (QED) is 0.295. The zero-order chi connectivity index (χ0) is 24.2. The molecular weight excluding hydrogens is 534 g/mol. The lowest BCUT2D eigenvalue weighted by Gasteiger charge is -2.18. The molecule has 8 nitrogen and oxygen atoms in total. The van der Waals surface area contributed by atoms with Gasteiger partial charge < -0.3 is 27.6 Å². The highest BCUT2D eigenvalue weighted by Crippen LogP contribution is 2.38. The Bertz CT molecular complexity index is 868. The van der Waals surface area contributed by atoms with Crippen molar-refractivity contribution in [2.24, 2.45) is 0 Å². The lowest BCUT2D eigenvalue weighted by atomic mass is 10.4. The molecule has 0 saturated heterocycles. The summed E-state index contributed by atoms with van der Waals surface area (Å²) >= 11 is 15.1. The number of imidazole rings is 2. The Labute approximate surface area is 229 Å². The molecule has 0 bridgehead atoms. The van der Waals surface area contributed by atoms with Gasteiger partial charge in [0, 0.05) is 12.5 Å². The van der Waals surface area contributed by atoms with Gasteiger partial charge in [0.15, 0.2) is 5.69 Å². The second-order valence-electron chi connectivity index (χ2n) is 8.01. The van der Waals surface area contributed by atoms with Crippen molar-refractivity contribution in [2.75, 3.05) is 24.8 Å². The Balaban J connectivity index is 0.000000542. The van der Waals surface area contributed by atoms with Crippen LogP contribution in [0, 0.1) is 0 Å². The Morgan fingerprint density at radius 3 is 2.23 bits per heavy atom. The van der Waals surface area contributed by atoms with Gasteiger partial charge in [0.1, 0.15) is 17.9 Å². The highest BCUT2D eigenvalue weighted by molar-refractivity contribution is 6.67. The summed E-state index contributed by atoms with van der Waals surface area (Å²) in [6.07, 6.45) is 9.03. The molecule has 12 heteroatoms. The molecular formula is C23H38Cl4N6O2. The molecule has 2 aromatic heterocycles. The number of carbonyl (C=O) groups is 2. The Hall–Kier alpha value is -1.32. The number of alkyl halides is 2. The number of hydrogen-bond donors (Lipinski definition) is 3. The number of halogens is 4. The topological polar surface area (TPSA) is 108 Å². The van der Waals surface area contributed by atoms with Crippen LogP contribution in [-0.4, -0.2) is 55.9 Å². The van der Waals surface area contributed by atoms with Gasteiger partial charge >= 0.3 is 0 Å². The lowest BCUT2D eigenvalue weighted by molar-refractivity contribution is -0.388. The van der Waals surface area contributed by atoms with Crippen molar-refractivity contribution in [2.45, 2.75) is 71.9 Å². The van der Waals surface area contributed by atoms with E-state index in [0.29, 0.717) is 19.0 Å². The number of carbonyl (C=O) groups excluding carboxylic acids is 2. The van der Waals surface area contributed by atoms with Crippen LogP contribution in [0.1, 0.15) is 81.8 Å². The molecule has 0 radical (unpaired) electrons. The summed E-state index contributed by atoms with van der Waals surface area (Å²) in [5.41, 5.74) is 2.25. The molecule has 2 fully saturated rings. The maximum atomic E-state index is 11.5. The Morgan fingerprint density at radius 2 is 1.74 bits per heavy atom. The maximum absolute atomic E-state index is 11.5. The van der Waals surface area contributed by atoms with Gasteiger partial charge in [0.2, 0.25) is 11.1 Å². The fourth-order valence-electron chi connectivity index (χ4n) is 3.04. The predicted molar refractivity (Wildman–Crippen MR) is 137 cm³/mol. The number of amides is 1. The number of hydrogen-bond acceptors (Lipinski definition) is 4. The van der Waals surface area contributed by atoms with Crippen LogP contribution < -0.4 is 22.7 Å². The largest absolute Gasteiger partial charge is 1.00 e. The molecule has 0 aliphatic heterocycles. The molecule has 4 N–H and O–H groups in total.